The van der Waals surface area contributed by atoms with Crippen LogP contribution in [0.1, 0.15) is 34.6 Å². The van der Waals surface area contributed by atoms with Gasteiger partial charge in [0.15, 0.2) is 23.4 Å². The standard InChI is InChI=1S/C26H34N4O4/c1-18-13-22(19(2)30(18)14-21-17-33-24-5-3-4-6-25(24)34-21)23(31)15-28-9-11-29(12-10-28)16-26(32)27-20-7-8-20/h3-6,13,20-21H,7-12,14-17H2,1-2H3,(H,27,32). The third-order valence-electron chi connectivity index (χ3n) is 6.97. The summed E-state index contributed by atoms with van der Waals surface area (Å²) in [6.07, 6.45) is 2.11. The Bertz CT molecular complexity index is 1050. The maximum atomic E-state index is 13.2. The molecule has 1 N–H and O–H groups in total. The molecular weight excluding hydrogens is 432 g/mol. The van der Waals surface area contributed by atoms with Crippen molar-refractivity contribution in [2.24, 2.45) is 0 Å². The van der Waals surface area contributed by atoms with E-state index in [1.807, 2.05) is 44.2 Å². The van der Waals surface area contributed by atoms with Crippen molar-refractivity contribution in [3.05, 3.63) is 47.3 Å². The van der Waals surface area contributed by atoms with E-state index in [0.29, 0.717) is 32.3 Å². The lowest BCUT2D eigenvalue weighted by Crippen LogP contribution is -2.50. The molecule has 1 atom stereocenters. The molecule has 0 bridgehead atoms. The molecule has 1 saturated carbocycles. The molecular formula is C26H34N4O4. The number of nitrogens with zero attached hydrogens (tertiary/aromatic N) is 3. The number of hydrogen-bond donors (Lipinski definition) is 1. The molecule has 2 aromatic rings. The molecule has 1 aromatic heterocycles. The van der Waals surface area contributed by atoms with Crippen LogP contribution in [-0.2, 0) is 11.3 Å². The number of fused-ring (bicyclic) bond motifs is 1. The first kappa shape index (κ1) is 22.9. The van der Waals surface area contributed by atoms with E-state index < -0.39 is 0 Å². The van der Waals surface area contributed by atoms with Crippen molar-refractivity contribution >= 4 is 11.7 Å². The van der Waals surface area contributed by atoms with Gasteiger partial charge in [-0.2, -0.15) is 0 Å². The highest BCUT2D eigenvalue weighted by atomic mass is 16.6. The molecule has 3 heterocycles. The summed E-state index contributed by atoms with van der Waals surface area (Å²) in [6.45, 7) is 9.25. The van der Waals surface area contributed by atoms with Crippen LogP contribution in [0.3, 0.4) is 0 Å². The summed E-state index contributed by atoms with van der Waals surface area (Å²) in [7, 11) is 0. The van der Waals surface area contributed by atoms with Gasteiger partial charge < -0.3 is 19.4 Å². The second-order valence-corrected chi connectivity index (χ2v) is 9.71. The number of ketones is 1. The topological polar surface area (TPSA) is 76.0 Å². The third-order valence-corrected chi connectivity index (χ3v) is 6.97. The van der Waals surface area contributed by atoms with Crippen molar-refractivity contribution in [1.29, 1.82) is 0 Å². The van der Waals surface area contributed by atoms with Crippen molar-refractivity contribution in [3.8, 4) is 11.5 Å². The van der Waals surface area contributed by atoms with Crippen molar-refractivity contribution in [2.45, 2.75) is 45.4 Å². The molecule has 8 nitrogen and oxygen atoms in total. The average molecular weight is 467 g/mol. The smallest absolute Gasteiger partial charge is 0.234 e. The maximum Gasteiger partial charge on any atom is 0.234 e. The quantitative estimate of drug-likeness (QED) is 0.600. The number of Topliss-reactive ketones (excluding diaryl/α,β-unsaturated/α-hetero) is 1. The van der Waals surface area contributed by atoms with E-state index in [2.05, 4.69) is 19.7 Å². The van der Waals surface area contributed by atoms with Gasteiger partial charge >= 0.3 is 0 Å². The van der Waals surface area contributed by atoms with Crippen LogP contribution in [0.25, 0.3) is 0 Å². The van der Waals surface area contributed by atoms with E-state index in [0.717, 1.165) is 67.5 Å². The number of ether oxygens (including phenoxy) is 2. The summed E-state index contributed by atoms with van der Waals surface area (Å²) in [5.74, 6) is 1.81. The summed E-state index contributed by atoms with van der Waals surface area (Å²) in [5.41, 5.74) is 2.80. The van der Waals surface area contributed by atoms with E-state index in [-0.39, 0.29) is 17.8 Å². The van der Waals surface area contributed by atoms with E-state index in [4.69, 9.17) is 9.47 Å². The first-order chi connectivity index (χ1) is 16.5. The zero-order valence-corrected chi connectivity index (χ0v) is 20.1. The highest BCUT2D eigenvalue weighted by Gasteiger charge is 2.27. The lowest BCUT2D eigenvalue weighted by Gasteiger charge is -2.33. The number of carbonyl (C=O) groups excluding carboxylic acids is 2. The van der Waals surface area contributed by atoms with Gasteiger partial charge in [0.05, 0.1) is 19.6 Å². The van der Waals surface area contributed by atoms with Crippen LogP contribution in [0.15, 0.2) is 30.3 Å². The molecule has 1 aromatic carbocycles. The average Bonchev–Trinajstić information content (AvgIpc) is 3.60. The summed E-state index contributed by atoms with van der Waals surface area (Å²) < 4.78 is 14.1. The molecule has 5 rings (SSSR count). The Morgan fingerprint density at radius 1 is 1.00 bits per heavy atom. The van der Waals surface area contributed by atoms with Crippen molar-refractivity contribution in [1.82, 2.24) is 19.7 Å². The molecule has 2 aliphatic heterocycles. The lowest BCUT2D eigenvalue weighted by atomic mass is 10.1. The van der Waals surface area contributed by atoms with Gasteiger partial charge in [0.2, 0.25) is 5.91 Å². The second-order valence-electron chi connectivity index (χ2n) is 9.71. The van der Waals surface area contributed by atoms with Gasteiger partial charge in [-0.05, 0) is 44.9 Å². The molecule has 3 aliphatic rings. The van der Waals surface area contributed by atoms with Crippen LogP contribution < -0.4 is 14.8 Å². The SMILES string of the molecule is Cc1cc(C(=O)CN2CCN(CC(=O)NC3CC3)CC2)c(C)n1CC1COc2ccccc2O1. The Hall–Kier alpha value is -2.84. The third kappa shape index (κ3) is 5.28. The first-order valence-corrected chi connectivity index (χ1v) is 12.3. The Morgan fingerprint density at radius 2 is 1.68 bits per heavy atom. The molecule has 1 unspecified atom stereocenters. The molecule has 1 amide bonds. The van der Waals surface area contributed by atoms with Crippen molar-refractivity contribution in [3.63, 3.8) is 0 Å². The highest BCUT2D eigenvalue weighted by molar-refractivity contribution is 5.99. The number of benzene rings is 1. The number of hydrogen-bond acceptors (Lipinski definition) is 6. The molecule has 34 heavy (non-hydrogen) atoms. The summed E-state index contributed by atoms with van der Waals surface area (Å²) in [6, 6.07) is 10.1. The van der Waals surface area contributed by atoms with Crippen LogP contribution in [0.2, 0.25) is 0 Å². The number of aryl methyl sites for hydroxylation is 1. The number of nitrogens with one attached hydrogen (secondary N) is 1. The fraction of sp³-hybridized carbons (Fsp3) is 0.538. The predicted molar refractivity (Wildman–Crippen MR) is 129 cm³/mol. The Labute approximate surface area is 200 Å². The Balaban J connectivity index is 1.14. The van der Waals surface area contributed by atoms with Gasteiger partial charge in [0.1, 0.15) is 6.61 Å². The number of amides is 1. The van der Waals surface area contributed by atoms with Gasteiger partial charge in [-0.25, -0.2) is 0 Å². The molecule has 2 fully saturated rings. The normalized spacial score (nSPS) is 20.8. The fourth-order valence-corrected chi connectivity index (χ4v) is 4.82. The van der Waals surface area contributed by atoms with Crippen LogP contribution in [0.4, 0.5) is 0 Å². The minimum Gasteiger partial charge on any atom is -0.486 e. The van der Waals surface area contributed by atoms with E-state index in [1.165, 1.54) is 0 Å². The van der Waals surface area contributed by atoms with Gasteiger partial charge in [0.25, 0.3) is 0 Å². The van der Waals surface area contributed by atoms with Crippen LogP contribution in [-0.4, -0.2) is 84.1 Å². The van der Waals surface area contributed by atoms with Crippen LogP contribution in [0, 0.1) is 13.8 Å². The van der Waals surface area contributed by atoms with Crippen LogP contribution >= 0.6 is 0 Å². The molecule has 0 spiro atoms. The molecule has 1 aliphatic carbocycles. The molecule has 1 saturated heterocycles. The molecule has 0 radical (unpaired) electrons. The maximum absolute atomic E-state index is 13.2. The highest BCUT2D eigenvalue weighted by Crippen LogP contribution is 2.31. The first-order valence-electron chi connectivity index (χ1n) is 12.3. The van der Waals surface area contributed by atoms with Gasteiger partial charge in [-0.3, -0.25) is 19.4 Å². The number of para-hydroxylation sites is 2. The van der Waals surface area contributed by atoms with E-state index >= 15 is 0 Å². The van der Waals surface area contributed by atoms with Gasteiger partial charge in [-0.15, -0.1) is 0 Å². The molecule has 8 heteroatoms. The predicted octanol–water partition coefficient (Wildman–Crippen LogP) is 2.02. The van der Waals surface area contributed by atoms with E-state index in [9.17, 15) is 9.59 Å². The summed E-state index contributed by atoms with van der Waals surface area (Å²) in [4.78, 5) is 29.6. The number of rotatable bonds is 8. The van der Waals surface area contributed by atoms with Crippen molar-refractivity contribution in [2.75, 3.05) is 45.9 Å². The molecule has 182 valence electrons. The van der Waals surface area contributed by atoms with E-state index in [1.54, 1.807) is 0 Å². The Morgan fingerprint density at radius 3 is 2.38 bits per heavy atom. The zero-order chi connectivity index (χ0) is 23.7. The minimum atomic E-state index is -0.104. The zero-order valence-electron chi connectivity index (χ0n) is 20.1. The summed E-state index contributed by atoms with van der Waals surface area (Å²) >= 11 is 0. The summed E-state index contributed by atoms with van der Waals surface area (Å²) in [5, 5.41) is 3.05. The monoisotopic (exact) mass is 466 g/mol. The number of piperazine rings is 1. The van der Waals surface area contributed by atoms with Crippen molar-refractivity contribution < 1.29 is 19.1 Å². The Kier molecular flexibility index (Phi) is 6.61. The van der Waals surface area contributed by atoms with Crippen LogP contribution in [0.5, 0.6) is 11.5 Å². The lowest BCUT2D eigenvalue weighted by molar-refractivity contribution is -0.122. The van der Waals surface area contributed by atoms with Gasteiger partial charge in [-0.1, -0.05) is 12.1 Å². The largest absolute Gasteiger partial charge is 0.486 e. The fourth-order valence-electron chi connectivity index (χ4n) is 4.82. The number of carbonyl (C=O) groups is 2. The van der Waals surface area contributed by atoms with Gasteiger partial charge in [0, 0.05) is 49.2 Å². The second kappa shape index (κ2) is 9.80. The minimum absolute atomic E-state index is 0.104. The number of aromatic nitrogens is 1.